The topological polar surface area (TPSA) is 105 Å². The van der Waals surface area contributed by atoms with Gasteiger partial charge < -0.3 is 25.0 Å². The van der Waals surface area contributed by atoms with E-state index in [0.717, 1.165) is 0 Å². The largest absolute Gasteiger partial charge is 0.481 e. The molecule has 1 unspecified atom stereocenters. The number of carbonyl (C=O) groups excluding carboxylic acids is 1. The van der Waals surface area contributed by atoms with Crippen LogP contribution in [0.3, 0.4) is 0 Å². The molecule has 3 N–H and O–H groups in total. The van der Waals surface area contributed by atoms with E-state index in [1.807, 2.05) is 0 Å². The number of hydrogen-bond donors (Lipinski definition) is 3. The summed E-state index contributed by atoms with van der Waals surface area (Å²) >= 11 is 0. The maximum Gasteiger partial charge on any atom is 0.407 e. The van der Waals surface area contributed by atoms with Crippen LogP contribution >= 0.6 is 0 Å². The summed E-state index contributed by atoms with van der Waals surface area (Å²) < 4.78 is 9.99. The molecule has 0 aromatic carbocycles. The van der Waals surface area contributed by atoms with Crippen molar-refractivity contribution in [2.75, 3.05) is 19.8 Å². The van der Waals surface area contributed by atoms with Crippen LogP contribution in [0.15, 0.2) is 0 Å². The van der Waals surface area contributed by atoms with Crippen molar-refractivity contribution in [3.63, 3.8) is 0 Å². The number of carbonyl (C=O) groups is 2. The second-order valence-corrected chi connectivity index (χ2v) is 5.09. The first-order valence-electron chi connectivity index (χ1n) is 6.15. The van der Waals surface area contributed by atoms with Gasteiger partial charge in [-0.15, -0.1) is 0 Å². The van der Waals surface area contributed by atoms with Crippen LogP contribution in [-0.4, -0.2) is 53.7 Å². The number of aliphatic carboxylic acids is 1. The minimum Gasteiger partial charge on any atom is -0.481 e. The molecule has 112 valence electrons. The highest BCUT2D eigenvalue weighted by atomic mass is 16.6. The van der Waals surface area contributed by atoms with E-state index in [1.165, 1.54) is 0 Å². The third-order valence-electron chi connectivity index (χ3n) is 1.92. The number of rotatable bonds is 8. The highest BCUT2D eigenvalue weighted by Crippen LogP contribution is 2.06. The standard InChI is InChI=1S/C12H23NO6/c1-12(2,3)19-11(17)13-6-4-9(14)8-18-7-5-10(15)16/h9,14H,4-8H2,1-3H3,(H,13,17)(H,15,16). The van der Waals surface area contributed by atoms with Crippen LogP contribution in [0.25, 0.3) is 0 Å². The minimum atomic E-state index is -0.943. The molecule has 0 aliphatic rings. The fraction of sp³-hybridized carbons (Fsp3) is 0.833. The third-order valence-corrected chi connectivity index (χ3v) is 1.92. The number of aliphatic hydroxyl groups excluding tert-OH is 1. The van der Waals surface area contributed by atoms with Crippen molar-refractivity contribution < 1.29 is 29.3 Å². The van der Waals surface area contributed by atoms with Gasteiger partial charge in [0.15, 0.2) is 0 Å². The van der Waals surface area contributed by atoms with Gasteiger partial charge in [-0.1, -0.05) is 0 Å². The van der Waals surface area contributed by atoms with Crippen molar-refractivity contribution >= 4 is 12.1 Å². The molecule has 0 heterocycles. The normalized spacial score (nSPS) is 12.8. The van der Waals surface area contributed by atoms with Crippen LogP contribution in [0.4, 0.5) is 4.79 Å². The van der Waals surface area contributed by atoms with Crippen molar-refractivity contribution in [3.05, 3.63) is 0 Å². The second kappa shape index (κ2) is 8.71. The van der Waals surface area contributed by atoms with Gasteiger partial charge in [0, 0.05) is 6.54 Å². The number of aliphatic hydroxyl groups is 1. The molecule has 1 amide bonds. The Morgan fingerprint density at radius 1 is 1.32 bits per heavy atom. The first-order chi connectivity index (χ1) is 8.70. The summed E-state index contributed by atoms with van der Waals surface area (Å²) in [6.07, 6.45) is -1.06. The first kappa shape index (κ1) is 17.7. The van der Waals surface area contributed by atoms with E-state index in [1.54, 1.807) is 20.8 Å². The Bertz CT molecular complexity index is 286. The van der Waals surface area contributed by atoms with Crippen LogP contribution in [-0.2, 0) is 14.3 Å². The van der Waals surface area contributed by atoms with Gasteiger partial charge in [0.1, 0.15) is 5.60 Å². The van der Waals surface area contributed by atoms with Crippen LogP contribution in [0.1, 0.15) is 33.6 Å². The van der Waals surface area contributed by atoms with Gasteiger partial charge >= 0.3 is 12.1 Å². The molecule has 19 heavy (non-hydrogen) atoms. The number of nitrogens with one attached hydrogen (secondary N) is 1. The lowest BCUT2D eigenvalue weighted by atomic mass is 10.2. The zero-order chi connectivity index (χ0) is 14.9. The summed E-state index contributed by atoms with van der Waals surface area (Å²) in [5.74, 6) is -0.943. The molecule has 7 nitrogen and oxygen atoms in total. The highest BCUT2D eigenvalue weighted by molar-refractivity contribution is 5.67. The lowest BCUT2D eigenvalue weighted by molar-refractivity contribution is -0.138. The van der Waals surface area contributed by atoms with Gasteiger partial charge in [-0.05, 0) is 27.2 Å². The average molecular weight is 277 g/mol. The maximum absolute atomic E-state index is 11.3. The molecular weight excluding hydrogens is 254 g/mol. The maximum atomic E-state index is 11.3. The Morgan fingerprint density at radius 3 is 2.47 bits per heavy atom. The molecule has 0 radical (unpaired) electrons. The fourth-order valence-electron chi connectivity index (χ4n) is 1.12. The fourth-order valence-corrected chi connectivity index (χ4v) is 1.12. The van der Waals surface area contributed by atoms with Crippen molar-refractivity contribution in [1.29, 1.82) is 0 Å². The molecule has 0 aliphatic carbocycles. The van der Waals surface area contributed by atoms with E-state index >= 15 is 0 Å². The molecule has 0 saturated heterocycles. The van der Waals surface area contributed by atoms with E-state index in [9.17, 15) is 14.7 Å². The van der Waals surface area contributed by atoms with Gasteiger partial charge in [0.05, 0.1) is 25.7 Å². The number of amides is 1. The van der Waals surface area contributed by atoms with Crippen LogP contribution in [0, 0.1) is 0 Å². The van der Waals surface area contributed by atoms with E-state index in [0.29, 0.717) is 6.42 Å². The SMILES string of the molecule is CC(C)(C)OC(=O)NCCC(O)COCCC(=O)O. The Hall–Kier alpha value is -1.34. The van der Waals surface area contributed by atoms with E-state index in [-0.39, 0.29) is 26.2 Å². The Kier molecular flexibility index (Phi) is 8.09. The van der Waals surface area contributed by atoms with Crippen molar-refractivity contribution in [2.24, 2.45) is 0 Å². The lowest BCUT2D eigenvalue weighted by Crippen LogP contribution is -2.34. The van der Waals surface area contributed by atoms with Crippen molar-refractivity contribution in [2.45, 2.75) is 45.3 Å². The van der Waals surface area contributed by atoms with Crippen LogP contribution < -0.4 is 5.32 Å². The summed E-state index contributed by atoms with van der Waals surface area (Å²) in [6.45, 7) is 5.65. The predicted molar refractivity (Wildman–Crippen MR) is 67.9 cm³/mol. The number of alkyl carbamates (subject to hydrolysis) is 1. The average Bonchev–Trinajstić information content (AvgIpc) is 2.21. The third kappa shape index (κ3) is 12.9. The quantitative estimate of drug-likeness (QED) is 0.565. The molecule has 0 aliphatic heterocycles. The smallest absolute Gasteiger partial charge is 0.407 e. The number of carboxylic acids is 1. The van der Waals surface area contributed by atoms with Crippen LogP contribution in [0.2, 0.25) is 0 Å². The summed E-state index contributed by atoms with van der Waals surface area (Å²) in [5.41, 5.74) is -0.553. The van der Waals surface area contributed by atoms with E-state index < -0.39 is 23.8 Å². The molecule has 7 heteroatoms. The number of ether oxygens (including phenoxy) is 2. The van der Waals surface area contributed by atoms with Gasteiger partial charge in [0.25, 0.3) is 0 Å². The van der Waals surface area contributed by atoms with Gasteiger partial charge in [-0.25, -0.2) is 4.79 Å². The predicted octanol–water partition coefficient (Wildman–Crippen LogP) is 0.753. The lowest BCUT2D eigenvalue weighted by Gasteiger charge is -2.20. The molecule has 0 bridgehead atoms. The van der Waals surface area contributed by atoms with Crippen molar-refractivity contribution in [3.8, 4) is 0 Å². The zero-order valence-electron chi connectivity index (χ0n) is 11.6. The zero-order valence-corrected chi connectivity index (χ0v) is 11.6. The minimum absolute atomic E-state index is 0.0449. The Morgan fingerprint density at radius 2 is 1.95 bits per heavy atom. The monoisotopic (exact) mass is 277 g/mol. The van der Waals surface area contributed by atoms with E-state index in [2.05, 4.69) is 5.32 Å². The molecule has 0 spiro atoms. The molecule has 0 rings (SSSR count). The molecule has 0 fully saturated rings. The summed E-state index contributed by atoms with van der Waals surface area (Å²) in [7, 11) is 0. The first-order valence-corrected chi connectivity index (χ1v) is 6.15. The van der Waals surface area contributed by atoms with Crippen LogP contribution in [0.5, 0.6) is 0 Å². The molecule has 1 atom stereocenters. The Labute approximate surface area is 112 Å². The Balaban J connectivity index is 3.55. The second-order valence-electron chi connectivity index (χ2n) is 5.09. The highest BCUT2D eigenvalue weighted by Gasteiger charge is 2.15. The summed E-state index contributed by atoms with van der Waals surface area (Å²) in [6, 6.07) is 0. The summed E-state index contributed by atoms with van der Waals surface area (Å²) in [5, 5.41) is 20.4. The molecule has 0 aromatic rings. The van der Waals surface area contributed by atoms with Gasteiger partial charge in [-0.2, -0.15) is 0 Å². The molecule has 0 aromatic heterocycles. The summed E-state index contributed by atoms with van der Waals surface area (Å²) in [4.78, 5) is 21.5. The molecule has 0 saturated carbocycles. The van der Waals surface area contributed by atoms with Gasteiger partial charge in [-0.3, -0.25) is 4.79 Å². The van der Waals surface area contributed by atoms with Crippen molar-refractivity contribution in [1.82, 2.24) is 5.32 Å². The number of hydrogen-bond acceptors (Lipinski definition) is 5. The number of carboxylic acid groups (broad SMARTS) is 1. The molecular formula is C12H23NO6. The van der Waals surface area contributed by atoms with Gasteiger partial charge in [0.2, 0.25) is 0 Å². The van der Waals surface area contributed by atoms with E-state index in [4.69, 9.17) is 14.6 Å².